The van der Waals surface area contributed by atoms with Gasteiger partial charge in [0.1, 0.15) is 11.6 Å². The molecule has 1 unspecified atom stereocenters. The lowest BCUT2D eigenvalue weighted by molar-refractivity contribution is 0.502. The largest absolute Gasteiger partial charge is 0.335 e. The average molecular weight is 289 g/mol. The maximum atomic E-state index is 13.8. The van der Waals surface area contributed by atoms with Gasteiger partial charge in [0.15, 0.2) is 0 Å². The fourth-order valence-corrected chi connectivity index (χ4v) is 2.45. The second kappa shape index (κ2) is 7.36. The topological polar surface area (TPSA) is 29.9 Å². The minimum Gasteiger partial charge on any atom is -0.335 e. The molecule has 1 heterocycles. The van der Waals surface area contributed by atoms with Crippen molar-refractivity contribution in [3.05, 3.63) is 53.4 Å². The zero-order chi connectivity index (χ0) is 15.2. The first-order valence-corrected chi connectivity index (χ1v) is 7.65. The lowest BCUT2D eigenvalue weighted by atomic mass is 10.0. The molecule has 4 heteroatoms. The van der Waals surface area contributed by atoms with Gasteiger partial charge in [0.2, 0.25) is 0 Å². The molecule has 0 saturated heterocycles. The van der Waals surface area contributed by atoms with Crippen LogP contribution in [-0.4, -0.2) is 16.1 Å². The normalized spacial score (nSPS) is 12.6. The summed E-state index contributed by atoms with van der Waals surface area (Å²) in [4.78, 5) is 4.43. The number of halogens is 1. The van der Waals surface area contributed by atoms with Gasteiger partial charge in [-0.3, -0.25) is 0 Å². The van der Waals surface area contributed by atoms with Crippen molar-refractivity contribution in [3.8, 4) is 0 Å². The Morgan fingerprint density at radius 3 is 2.81 bits per heavy atom. The molecule has 3 nitrogen and oxygen atoms in total. The van der Waals surface area contributed by atoms with Crippen LogP contribution in [0.2, 0.25) is 0 Å². The first kappa shape index (κ1) is 15.7. The molecule has 2 rings (SSSR count). The predicted molar refractivity (Wildman–Crippen MR) is 83.8 cm³/mol. The zero-order valence-electron chi connectivity index (χ0n) is 13.1. The summed E-state index contributed by atoms with van der Waals surface area (Å²) in [5.74, 6) is 0.890. The Morgan fingerprint density at radius 2 is 2.14 bits per heavy atom. The van der Waals surface area contributed by atoms with Crippen LogP contribution in [0, 0.1) is 12.7 Å². The Labute approximate surface area is 126 Å². The van der Waals surface area contributed by atoms with E-state index in [1.807, 2.05) is 24.5 Å². The van der Waals surface area contributed by atoms with Crippen molar-refractivity contribution in [2.45, 2.75) is 46.2 Å². The van der Waals surface area contributed by atoms with Crippen molar-refractivity contribution >= 4 is 0 Å². The number of imidazole rings is 1. The molecule has 0 fully saturated rings. The van der Waals surface area contributed by atoms with Crippen molar-refractivity contribution < 1.29 is 4.39 Å². The highest BCUT2D eigenvalue weighted by atomic mass is 19.1. The second-order valence-corrected chi connectivity index (χ2v) is 5.35. The Hall–Kier alpha value is -1.68. The third-order valence-electron chi connectivity index (χ3n) is 3.77. The Morgan fingerprint density at radius 1 is 1.33 bits per heavy atom. The van der Waals surface area contributed by atoms with E-state index in [1.54, 1.807) is 13.0 Å². The number of aryl methyl sites for hydroxylation is 2. The van der Waals surface area contributed by atoms with Gasteiger partial charge in [0, 0.05) is 31.4 Å². The monoisotopic (exact) mass is 289 g/mol. The molecule has 0 spiro atoms. The molecular weight excluding hydrogens is 265 g/mol. The number of benzene rings is 1. The van der Waals surface area contributed by atoms with Crippen molar-refractivity contribution in [3.63, 3.8) is 0 Å². The quantitative estimate of drug-likeness (QED) is 0.843. The molecule has 1 N–H and O–H groups in total. The molecular formula is C17H24FN3. The molecule has 0 saturated carbocycles. The number of hydrogen-bond donors (Lipinski definition) is 1. The van der Waals surface area contributed by atoms with Gasteiger partial charge in [-0.25, -0.2) is 9.37 Å². The zero-order valence-corrected chi connectivity index (χ0v) is 13.1. The van der Waals surface area contributed by atoms with Gasteiger partial charge in [-0.05, 0) is 44.0 Å². The molecule has 0 bridgehead atoms. The number of nitrogens with zero attached hydrogens (tertiary/aromatic N) is 2. The maximum absolute atomic E-state index is 13.8. The number of aromatic nitrogens is 2. The fourth-order valence-electron chi connectivity index (χ4n) is 2.45. The van der Waals surface area contributed by atoms with Crippen molar-refractivity contribution in [2.24, 2.45) is 0 Å². The lowest BCUT2D eigenvalue weighted by Gasteiger charge is -2.20. The van der Waals surface area contributed by atoms with Crippen LogP contribution in [0.3, 0.4) is 0 Å². The summed E-state index contributed by atoms with van der Waals surface area (Å²) in [6.45, 7) is 7.83. The second-order valence-electron chi connectivity index (χ2n) is 5.35. The first-order chi connectivity index (χ1) is 10.2. The van der Waals surface area contributed by atoms with Crippen LogP contribution in [0.1, 0.15) is 43.3 Å². The Bertz CT molecular complexity index is 577. The van der Waals surface area contributed by atoms with E-state index in [9.17, 15) is 4.39 Å². The fraction of sp³-hybridized carbons (Fsp3) is 0.471. The van der Waals surface area contributed by atoms with Gasteiger partial charge in [-0.2, -0.15) is 0 Å². The van der Waals surface area contributed by atoms with Gasteiger partial charge in [-0.15, -0.1) is 0 Å². The molecule has 21 heavy (non-hydrogen) atoms. The van der Waals surface area contributed by atoms with Crippen molar-refractivity contribution in [1.29, 1.82) is 0 Å². The van der Waals surface area contributed by atoms with Crippen LogP contribution >= 0.6 is 0 Å². The van der Waals surface area contributed by atoms with Crippen LogP contribution in [0.4, 0.5) is 4.39 Å². The highest BCUT2D eigenvalue weighted by Gasteiger charge is 2.15. The highest BCUT2D eigenvalue weighted by molar-refractivity contribution is 5.26. The summed E-state index contributed by atoms with van der Waals surface area (Å²) in [6.07, 6.45) is 5.63. The van der Waals surface area contributed by atoms with E-state index >= 15 is 0 Å². The molecule has 2 aromatic rings. The van der Waals surface area contributed by atoms with E-state index in [4.69, 9.17) is 0 Å². The number of rotatable bonds is 7. The molecule has 1 aromatic carbocycles. The number of hydrogen-bond acceptors (Lipinski definition) is 2. The highest BCUT2D eigenvalue weighted by Crippen LogP contribution is 2.20. The summed E-state index contributed by atoms with van der Waals surface area (Å²) >= 11 is 0. The molecule has 1 aromatic heterocycles. The van der Waals surface area contributed by atoms with E-state index in [-0.39, 0.29) is 11.9 Å². The van der Waals surface area contributed by atoms with Crippen LogP contribution in [0.15, 0.2) is 30.6 Å². The molecule has 0 aliphatic heterocycles. The molecule has 0 aliphatic carbocycles. The minimum atomic E-state index is -0.144. The van der Waals surface area contributed by atoms with E-state index in [2.05, 4.69) is 28.7 Å². The Kier molecular flexibility index (Phi) is 5.51. The van der Waals surface area contributed by atoms with Gasteiger partial charge in [-0.1, -0.05) is 19.1 Å². The third kappa shape index (κ3) is 3.91. The van der Waals surface area contributed by atoms with Crippen molar-refractivity contribution in [2.75, 3.05) is 6.54 Å². The van der Waals surface area contributed by atoms with Crippen molar-refractivity contribution in [1.82, 2.24) is 14.9 Å². The van der Waals surface area contributed by atoms with Crippen LogP contribution in [-0.2, 0) is 13.0 Å². The summed E-state index contributed by atoms with van der Waals surface area (Å²) < 4.78 is 16.0. The molecule has 0 aliphatic rings. The molecule has 114 valence electrons. The van der Waals surface area contributed by atoms with Gasteiger partial charge >= 0.3 is 0 Å². The predicted octanol–water partition coefficient (Wildman–Crippen LogP) is 3.63. The SMILES string of the molecule is CCCNC(Cc1nccn1CC)c1ccc(C)c(F)c1. The molecule has 0 amide bonds. The lowest BCUT2D eigenvalue weighted by Crippen LogP contribution is -2.25. The van der Waals surface area contributed by atoms with Crippen LogP contribution in [0.25, 0.3) is 0 Å². The Balaban J connectivity index is 2.23. The summed E-state index contributed by atoms with van der Waals surface area (Å²) in [7, 11) is 0. The van der Waals surface area contributed by atoms with E-state index < -0.39 is 0 Å². The first-order valence-electron chi connectivity index (χ1n) is 7.65. The average Bonchev–Trinajstić information content (AvgIpc) is 2.93. The maximum Gasteiger partial charge on any atom is 0.126 e. The van der Waals surface area contributed by atoms with Gasteiger partial charge < -0.3 is 9.88 Å². The number of nitrogens with one attached hydrogen (secondary N) is 1. The summed E-state index contributed by atoms with van der Waals surface area (Å²) in [5.41, 5.74) is 1.67. The van der Waals surface area contributed by atoms with Gasteiger partial charge in [0.25, 0.3) is 0 Å². The molecule has 0 radical (unpaired) electrons. The third-order valence-corrected chi connectivity index (χ3v) is 3.77. The van der Waals surface area contributed by atoms with Gasteiger partial charge in [0.05, 0.1) is 0 Å². The minimum absolute atomic E-state index is 0.0905. The van der Waals surface area contributed by atoms with Crippen LogP contribution < -0.4 is 5.32 Å². The molecule has 1 atom stereocenters. The standard InChI is InChI=1S/C17H24FN3/c1-4-8-19-16(12-17-20-9-10-21(17)5-2)14-7-6-13(3)15(18)11-14/h6-7,9-11,16,19H,4-5,8,12H2,1-3H3. The smallest absolute Gasteiger partial charge is 0.126 e. The van der Waals surface area contributed by atoms with E-state index in [0.717, 1.165) is 37.3 Å². The summed E-state index contributed by atoms with van der Waals surface area (Å²) in [5, 5.41) is 3.50. The van der Waals surface area contributed by atoms with Crippen LogP contribution in [0.5, 0.6) is 0 Å². The summed E-state index contributed by atoms with van der Waals surface area (Å²) in [6, 6.07) is 5.58. The van der Waals surface area contributed by atoms with E-state index in [1.165, 1.54) is 0 Å². The van der Waals surface area contributed by atoms with E-state index in [0.29, 0.717) is 5.56 Å².